The van der Waals surface area contributed by atoms with Crippen LogP contribution in [0.1, 0.15) is 11.1 Å². The molecular weight excluding hydrogens is 170 g/mol. The minimum absolute atomic E-state index is 0.365. The van der Waals surface area contributed by atoms with Crippen LogP contribution in [0, 0.1) is 18.8 Å². The minimum Gasteiger partial charge on any atom is -0.320 e. The third-order valence-electron chi connectivity index (χ3n) is 1.45. The van der Waals surface area contributed by atoms with Crippen molar-refractivity contribution in [3.8, 4) is 11.8 Å². The molecule has 1 rings (SSSR count). The Morgan fingerprint density at radius 3 is 2.92 bits per heavy atom. The summed E-state index contributed by atoms with van der Waals surface area (Å²) in [5, 5.41) is 0.682. The van der Waals surface area contributed by atoms with Gasteiger partial charge in [-0.25, -0.2) is 0 Å². The first kappa shape index (κ1) is 9.12. The van der Waals surface area contributed by atoms with Crippen molar-refractivity contribution in [2.45, 2.75) is 6.92 Å². The van der Waals surface area contributed by atoms with E-state index in [4.69, 9.17) is 17.3 Å². The van der Waals surface area contributed by atoms with Crippen LogP contribution in [-0.4, -0.2) is 6.54 Å². The van der Waals surface area contributed by atoms with E-state index in [1.807, 2.05) is 25.1 Å². The average Bonchev–Trinajstić information content (AvgIpc) is 2.07. The van der Waals surface area contributed by atoms with Crippen molar-refractivity contribution in [1.82, 2.24) is 0 Å². The maximum absolute atomic E-state index is 5.89. The van der Waals surface area contributed by atoms with Gasteiger partial charge in [0.25, 0.3) is 0 Å². The topological polar surface area (TPSA) is 26.0 Å². The van der Waals surface area contributed by atoms with Crippen LogP contribution in [0.4, 0.5) is 0 Å². The van der Waals surface area contributed by atoms with Crippen molar-refractivity contribution in [1.29, 1.82) is 0 Å². The molecule has 0 bridgehead atoms. The fraction of sp³-hybridized carbons (Fsp3) is 0.200. The molecule has 0 spiro atoms. The Balaban J connectivity index is 3.05. The van der Waals surface area contributed by atoms with Gasteiger partial charge in [-0.3, -0.25) is 0 Å². The van der Waals surface area contributed by atoms with Gasteiger partial charge in [-0.15, -0.1) is 0 Å². The fourth-order valence-electron chi connectivity index (χ4n) is 0.881. The first-order chi connectivity index (χ1) is 5.74. The number of hydrogen-bond acceptors (Lipinski definition) is 1. The van der Waals surface area contributed by atoms with Gasteiger partial charge in [-0.1, -0.05) is 29.5 Å². The van der Waals surface area contributed by atoms with Crippen LogP contribution < -0.4 is 5.73 Å². The lowest BCUT2D eigenvalue weighted by molar-refractivity contribution is 1.30. The Labute approximate surface area is 77.5 Å². The second-order valence-electron chi connectivity index (χ2n) is 2.49. The first-order valence-electron chi connectivity index (χ1n) is 3.69. The van der Waals surface area contributed by atoms with Crippen molar-refractivity contribution < 1.29 is 0 Å². The molecule has 12 heavy (non-hydrogen) atoms. The zero-order chi connectivity index (χ0) is 8.97. The number of halogens is 1. The lowest BCUT2D eigenvalue weighted by Gasteiger charge is -1.96. The highest BCUT2D eigenvalue weighted by molar-refractivity contribution is 6.31. The van der Waals surface area contributed by atoms with Crippen LogP contribution in [-0.2, 0) is 0 Å². The minimum atomic E-state index is 0.365. The van der Waals surface area contributed by atoms with Crippen molar-refractivity contribution in [3.63, 3.8) is 0 Å². The SMILES string of the molecule is Cc1ccc(Cl)c(C#CCN)c1. The Kier molecular flexibility index (Phi) is 3.16. The maximum Gasteiger partial charge on any atom is 0.0562 e. The van der Waals surface area contributed by atoms with Crippen molar-refractivity contribution in [2.75, 3.05) is 6.54 Å². The highest BCUT2D eigenvalue weighted by Crippen LogP contribution is 2.15. The van der Waals surface area contributed by atoms with E-state index < -0.39 is 0 Å². The van der Waals surface area contributed by atoms with Gasteiger partial charge >= 0.3 is 0 Å². The van der Waals surface area contributed by atoms with E-state index in [2.05, 4.69) is 11.8 Å². The summed E-state index contributed by atoms with van der Waals surface area (Å²) < 4.78 is 0. The van der Waals surface area contributed by atoms with E-state index in [-0.39, 0.29) is 0 Å². The molecule has 0 aromatic heterocycles. The molecule has 0 atom stereocenters. The fourth-order valence-corrected chi connectivity index (χ4v) is 1.05. The molecule has 0 aliphatic heterocycles. The van der Waals surface area contributed by atoms with Crippen LogP contribution in [0.25, 0.3) is 0 Å². The Bertz CT molecular complexity index is 333. The summed E-state index contributed by atoms with van der Waals surface area (Å²) >= 11 is 5.89. The number of hydrogen-bond donors (Lipinski definition) is 1. The molecule has 62 valence electrons. The molecule has 2 heteroatoms. The number of aryl methyl sites for hydroxylation is 1. The largest absolute Gasteiger partial charge is 0.320 e. The van der Waals surface area contributed by atoms with Crippen LogP contribution in [0.15, 0.2) is 18.2 Å². The number of rotatable bonds is 0. The molecule has 2 N–H and O–H groups in total. The highest BCUT2D eigenvalue weighted by Gasteiger charge is 1.95. The lowest BCUT2D eigenvalue weighted by atomic mass is 10.1. The van der Waals surface area contributed by atoms with Crippen molar-refractivity contribution in [3.05, 3.63) is 34.3 Å². The molecule has 0 heterocycles. The van der Waals surface area contributed by atoms with Crippen LogP contribution in [0.5, 0.6) is 0 Å². The summed E-state index contributed by atoms with van der Waals surface area (Å²) in [4.78, 5) is 0. The second-order valence-corrected chi connectivity index (χ2v) is 2.90. The monoisotopic (exact) mass is 179 g/mol. The molecule has 0 saturated heterocycles. The maximum atomic E-state index is 5.89. The molecule has 0 aliphatic rings. The number of nitrogens with two attached hydrogens (primary N) is 1. The van der Waals surface area contributed by atoms with E-state index >= 15 is 0 Å². The molecule has 0 aliphatic carbocycles. The normalized spacial score (nSPS) is 8.92. The molecule has 0 fully saturated rings. The van der Waals surface area contributed by atoms with E-state index in [1.165, 1.54) is 0 Å². The van der Waals surface area contributed by atoms with Crippen molar-refractivity contribution in [2.24, 2.45) is 5.73 Å². The van der Waals surface area contributed by atoms with Gasteiger partial charge in [-0.2, -0.15) is 0 Å². The van der Waals surface area contributed by atoms with Gasteiger partial charge in [0.1, 0.15) is 0 Å². The summed E-state index contributed by atoms with van der Waals surface area (Å²) in [5.41, 5.74) is 7.25. The number of benzene rings is 1. The van der Waals surface area contributed by atoms with E-state index in [9.17, 15) is 0 Å². The molecular formula is C10H10ClN. The summed E-state index contributed by atoms with van der Waals surface area (Å²) in [6.45, 7) is 2.37. The Hall–Kier alpha value is -0.970. The molecule has 1 aromatic carbocycles. The molecule has 1 aromatic rings. The Morgan fingerprint density at radius 1 is 1.50 bits per heavy atom. The van der Waals surface area contributed by atoms with Crippen molar-refractivity contribution >= 4 is 11.6 Å². The van der Waals surface area contributed by atoms with Crippen LogP contribution >= 0.6 is 11.6 Å². The zero-order valence-corrected chi connectivity index (χ0v) is 7.65. The summed E-state index contributed by atoms with van der Waals surface area (Å²) in [7, 11) is 0. The Morgan fingerprint density at radius 2 is 2.25 bits per heavy atom. The first-order valence-corrected chi connectivity index (χ1v) is 4.07. The summed E-state index contributed by atoms with van der Waals surface area (Å²) in [6, 6.07) is 5.75. The van der Waals surface area contributed by atoms with Crippen LogP contribution in [0.2, 0.25) is 5.02 Å². The third-order valence-corrected chi connectivity index (χ3v) is 1.78. The third kappa shape index (κ3) is 2.27. The van der Waals surface area contributed by atoms with Gasteiger partial charge in [0.2, 0.25) is 0 Å². The molecule has 0 unspecified atom stereocenters. The summed E-state index contributed by atoms with van der Waals surface area (Å²) in [5.74, 6) is 5.67. The van der Waals surface area contributed by atoms with E-state index in [0.29, 0.717) is 11.6 Å². The second kappa shape index (κ2) is 4.15. The predicted molar refractivity (Wildman–Crippen MR) is 52.1 cm³/mol. The quantitative estimate of drug-likeness (QED) is 0.606. The average molecular weight is 180 g/mol. The highest BCUT2D eigenvalue weighted by atomic mass is 35.5. The van der Waals surface area contributed by atoms with Gasteiger partial charge in [0.05, 0.1) is 11.6 Å². The smallest absolute Gasteiger partial charge is 0.0562 e. The lowest BCUT2D eigenvalue weighted by Crippen LogP contribution is -1.93. The standard InChI is InChI=1S/C10H10ClN/c1-8-4-5-10(11)9(7-8)3-2-6-12/h4-5,7H,6,12H2,1H3. The van der Waals surface area contributed by atoms with Gasteiger partial charge in [-0.05, 0) is 24.6 Å². The molecule has 0 saturated carbocycles. The molecule has 0 radical (unpaired) electrons. The summed E-state index contributed by atoms with van der Waals surface area (Å²) in [6.07, 6.45) is 0. The zero-order valence-electron chi connectivity index (χ0n) is 6.89. The van der Waals surface area contributed by atoms with E-state index in [1.54, 1.807) is 0 Å². The van der Waals surface area contributed by atoms with Crippen LogP contribution in [0.3, 0.4) is 0 Å². The van der Waals surface area contributed by atoms with E-state index in [0.717, 1.165) is 11.1 Å². The van der Waals surface area contributed by atoms with Gasteiger partial charge in [0.15, 0.2) is 0 Å². The molecule has 0 amide bonds. The van der Waals surface area contributed by atoms with Gasteiger partial charge in [0, 0.05) is 5.56 Å². The molecule has 1 nitrogen and oxygen atoms in total. The predicted octanol–water partition coefficient (Wildman–Crippen LogP) is 1.96. The van der Waals surface area contributed by atoms with Gasteiger partial charge < -0.3 is 5.73 Å².